The first-order chi connectivity index (χ1) is 12.0. The summed E-state index contributed by atoms with van der Waals surface area (Å²) in [7, 11) is 2.04. The zero-order valence-electron chi connectivity index (χ0n) is 13.9. The number of likely N-dealkylation sites (N-methyl/N-ethyl adjacent to an activating group) is 1. The molecule has 1 aliphatic heterocycles. The van der Waals surface area contributed by atoms with Gasteiger partial charge in [-0.05, 0) is 36.9 Å². The van der Waals surface area contributed by atoms with Crippen molar-refractivity contribution in [2.75, 3.05) is 26.7 Å². The van der Waals surface area contributed by atoms with Crippen molar-refractivity contribution in [3.8, 4) is 5.75 Å². The highest BCUT2D eigenvalue weighted by molar-refractivity contribution is 5.94. The number of rotatable bonds is 4. The Morgan fingerprint density at radius 1 is 1.08 bits per heavy atom. The zero-order chi connectivity index (χ0) is 17.8. The predicted octanol–water partition coefficient (Wildman–Crippen LogP) is 3.42. The van der Waals surface area contributed by atoms with Crippen molar-refractivity contribution in [2.45, 2.75) is 12.7 Å². The number of benzene rings is 2. The molecular weight excluding hydrogens is 326 g/mol. The van der Waals surface area contributed by atoms with Gasteiger partial charge >= 0.3 is 6.61 Å². The van der Waals surface area contributed by atoms with Crippen LogP contribution < -0.4 is 4.74 Å². The van der Waals surface area contributed by atoms with Crippen LogP contribution in [0.4, 0.5) is 8.78 Å². The van der Waals surface area contributed by atoms with Gasteiger partial charge in [-0.3, -0.25) is 4.79 Å². The van der Waals surface area contributed by atoms with Crippen LogP contribution in [0.2, 0.25) is 0 Å². The number of carbonyl (C=O) groups excluding carboxylic acids is 1. The standard InChI is InChI=1S/C19H20F2N2O2/c1-22-11-12-23(17(13-22)14-5-3-2-4-6-14)18(24)15-7-9-16(10-8-15)25-19(20)21/h2-10,17,19H,11-13H2,1H3/t17-/m1/s1. The second kappa shape index (κ2) is 7.61. The Balaban J connectivity index is 1.81. The average Bonchev–Trinajstić information content (AvgIpc) is 2.62. The van der Waals surface area contributed by atoms with Crippen LogP contribution in [0.25, 0.3) is 0 Å². The summed E-state index contributed by atoms with van der Waals surface area (Å²) in [6.07, 6.45) is 0. The first-order valence-corrected chi connectivity index (χ1v) is 8.14. The van der Waals surface area contributed by atoms with Crippen molar-refractivity contribution in [3.63, 3.8) is 0 Å². The summed E-state index contributed by atoms with van der Waals surface area (Å²) in [4.78, 5) is 17.0. The molecule has 1 atom stereocenters. The van der Waals surface area contributed by atoms with E-state index in [1.807, 2.05) is 42.3 Å². The van der Waals surface area contributed by atoms with Crippen molar-refractivity contribution in [3.05, 3.63) is 65.7 Å². The van der Waals surface area contributed by atoms with E-state index in [0.717, 1.165) is 18.7 Å². The topological polar surface area (TPSA) is 32.8 Å². The molecule has 0 bridgehead atoms. The molecule has 0 radical (unpaired) electrons. The molecule has 0 N–H and O–H groups in total. The van der Waals surface area contributed by atoms with Gasteiger partial charge in [0.1, 0.15) is 5.75 Å². The Morgan fingerprint density at radius 2 is 1.76 bits per heavy atom. The number of halogens is 2. The van der Waals surface area contributed by atoms with Crippen molar-refractivity contribution in [2.24, 2.45) is 0 Å². The van der Waals surface area contributed by atoms with E-state index in [-0.39, 0.29) is 17.7 Å². The number of alkyl halides is 2. The molecular formula is C19H20F2N2O2. The Bertz CT molecular complexity index is 707. The molecule has 25 heavy (non-hydrogen) atoms. The summed E-state index contributed by atoms with van der Waals surface area (Å²) in [6.45, 7) is -0.713. The highest BCUT2D eigenvalue weighted by atomic mass is 19.3. The van der Waals surface area contributed by atoms with Gasteiger partial charge in [0, 0.05) is 25.2 Å². The summed E-state index contributed by atoms with van der Waals surface area (Å²) in [5.41, 5.74) is 1.55. The fourth-order valence-electron chi connectivity index (χ4n) is 3.07. The second-order valence-electron chi connectivity index (χ2n) is 6.09. The summed E-state index contributed by atoms with van der Waals surface area (Å²) >= 11 is 0. The number of hydrogen-bond acceptors (Lipinski definition) is 3. The van der Waals surface area contributed by atoms with Gasteiger partial charge in [0.25, 0.3) is 5.91 Å². The van der Waals surface area contributed by atoms with E-state index < -0.39 is 6.61 Å². The van der Waals surface area contributed by atoms with Crippen molar-refractivity contribution < 1.29 is 18.3 Å². The van der Waals surface area contributed by atoms with E-state index >= 15 is 0 Å². The lowest BCUT2D eigenvalue weighted by molar-refractivity contribution is -0.0498. The maximum atomic E-state index is 12.9. The van der Waals surface area contributed by atoms with Crippen LogP contribution in [-0.2, 0) is 0 Å². The van der Waals surface area contributed by atoms with Crippen molar-refractivity contribution in [1.82, 2.24) is 9.80 Å². The highest BCUT2D eigenvalue weighted by Gasteiger charge is 2.30. The third-order valence-electron chi connectivity index (χ3n) is 4.36. The fraction of sp³-hybridized carbons (Fsp3) is 0.316. The van der Waals surface area contributed by atoms with Gasteiger partial charge in [0.05, 0.1) is 6.04 Å². The maximum Gasteiger partial charge on any atom is 0.387 e. The smallest absolute Gasteiger partial charge is 0.387 e. The van der Waals surface area contributed by atoms with Crippen LogP contribution in [0.3, 0.4) is 0 Å². The van der Waals surface area contributed by atoms with Crippen LogP contribution >= 0.6 is 0 Å². The second-order valence-corrected chi connectivity index (χ2v) is 6.09. The van der Waals surface area contributed by atoms with Crippen LogP contribution in [0.5, 0.6) is 5.75 Å². The Kier molecular flexibility index (Phi) is 5.28. The molecule has 2 aromatic carbocycles. The maximum absolute atomic E-state index is 12.9. The number of amides is 1. The number of ether oxygens (including phenoxy) is 1. The lowest BCUT2D eigenvalue weighted by Crippen LogP contribution is -2.49. The molecule has 1 aliphatic rings. The summed E-state index contributed by atoms with van der Waals surface area (Å²) in [5.74, 6) is -0.0601. The van der Waals surface area contributed by atoms with Crippen LogP contribution in [0.15, 0.2) is 54.6 Å². The van der Waals surface area contributed by atoms with E-state index in [0.29, 0.717) is 12.1 Å². The largest absolute Gasteiger partial charge is 0.435 e. The molecule has 0 aromatic heterocycles. The van der Waals surface area contributed by atoms with Crippen molar-refractivity contribution in [1.29, 1.82) is 0 Å². The SMILES string of the molecule is CN1CCN(C(=O)c2ccc(OC(F)F)cc2)[C@@H](c2ccccc2)C1. The van der Waals surface area contributed by atoms with E-state index in [2.05, 4.69) is 9.64 Å². The first-order valence-electron chi connectivity index (χ1n) is 8.14. The van der Waals surface area contributed by atoms with Crippen LogP contribution in [0.1, 0.15) is 22.0 Å². The van der Waals surface area contributed by atoms with Gasteiger partial charge in [-0.25, -0.2) is 0 Å². The van der Waals surface area contributed by atoms with Gasteiger partial charge in [0.15, 0.2) is 0 Å². The normalized spacial score (nSPS) is 18.4. The molecule has 0 saturated carbocycles. The summed E-state index contributed by atoms with van der Waals surface area (Å²) in [5, 5.41) is 0. The highest BCUT2D eigenvalue weighted by Crippen LogP contribution is 2.27. The fourth-order valence-corrected chi connectivity index (χ4v) is 3.07. The van der Waals surface area contributed by atoms with Gasteiger partial charge < -0.3 is 14.5 Å². The van der Waals surface area contributed by atoms with E-state index in [4.69, 9.17) is 0 Å². The van der Waals surface area contributed by atoms with Crippen molar-refractivity contribution >= 4 is 5.91 Å². The lowest BCUT2D eigenvalue weighted by Gasteiger charge is -2.40. The van der Waals surface area contributed by atoms with E-state index in [1.165, 1.54) is 24.3 Å². The quantitative estimate of drug-likeness (QED) is 0.850. The minimum absolute atomic E-state index is 0.0376. The van der Waals surface area contributed by atoms with Gasteiger partial charge in [-0.1, -0.05) is 30.3 Å². The first kappa shape index (κ1) is 17.4. The molecule has 0 aliphatic carbocycles. The molecule has 6 heteroatoms. The third kappa shape index (κ3) is 4.14. The molecule has 4 nitrogen and oxygen atoms in total. The predicted molar refractivity (Wildman–Crippen MR) is 90.8 cm³/mol. The number of hydrogen-bond donors (Lipinski definition) is 0. The minimum Gasteiger partial charge on any atom is -0.435 e. The number of piperazine rings is 1. The Morgan fingerprint density at radius 3 is 2.40 bits per heavy atom. The monoisotopic (exact) mass is 346 g/mol. The molecule has 132 valence electrons. The summed E-state index contributed by atoms with van der Waals surface area (Å²) in [6, 6.07) is 15.7. The summed E-state index contributed by atoms with van der Waals surface area (Å²) < 4.78 is 28.8. The number of carbonyl (C=O) groups is 1. The van der Waals surface area contributed by atoms with Gasteiger partial charge in [-0.2, -0.15) is 8.78 Å². The molecule has 1 fully saturated rings. The Hall–Kier alpha value is -2.47. The molecule has 0 unspecified atom stereocenters. The molecule has 2 aromatic rings. The van der Waals surface area contributed by atoms with Crippen LogP contribution in [-0.4, -0.2) is 49.0 Å². The molecule has 1 amide bonds. The average molecular weight is 346 g/mol. The lowest BCUT2D eigenvalue weighted by atomic mass is 10.0. The van der Waals surface area contributed by atoms with Gasteiger partial charge in [-0.15, -0.1) is 0 Å². The minimum atomic E-state index is -2.87. The van der Waals surface area contributed by atoms with E-state index in [1.54, 1.807) is 0 Å². The van der Waals surface area contributed by atoms with Gasteiger partial charge in [0.2, 0.25) is 0 Å². The Labute approximate surface area is 145 Å². The zero-order valence-corrected chi connectivity index (χ0v) is 13.9. The third-order valence-corrected chi connectivity index (χ3v) is 4.36. The molecule has 1 saturated heterocycles. The molecule has 1 heterocycles. The molecule has 3 rings (SSSR count). The number of nitrogens with zero attached hydrogens (tertiary/aromatic N) is 2. The van der Waals surface area contributed by atoms with E-state index in [9.17, 15) is 13.6 Å². The molecule has 0 spiro atoms. The van der Waals surface area contributed by atoms with Crippen LogP contribution in [0, 0.1) is 0 Å².